The largest absolute Gasteiger partial charge is 0.392 e. The fraction of sp³-hybridized carbons (Fsp3) is 0.143. The molecule has 3 rings (SSSR count). The van der Waals surface area contributed by atoms with Gasteiger partial charge in [-0.1, -0.05) is 24.3 Å². The van der Waals surface area contributed by atoms with Gasteiger partial charge in [-0.15, -0.1) is 5.10 Å². The quantitative estimate of drug-likeness (QED) is 0.762. The number of aromatic nitrogens is 3. The van der Waals surface area contributed by atoms with Crippen LogP contribution < -0.4 is 5.32 Å². The maximum Gasteiger partial charge on any atom is 0.243 e. The molecule has 0 saturated heterocycles. The number of aliphatic hydroxyl groups excluding tert-OH is 1. The summed E-state index contributed by atoms with van der Waals surface area (Å²) >= 11 is 0. The number of aliphatic hydroxyl groups is 1. The average Bonchev–Trinajstić information content (AvgIpc) is 2.87. The van der Waals surface area contributed by atoms with Crippen LogP contribution >= 0.6 is 0 Å². The molecule has 102 valence electrons. The highest BCUT2D eigenvalue weighted by atomic mass is 19.1. The summed E-state index contributed by atoms with van der Waals surface area (Å²) in [7, 11) is 0. The molecule has 0 saturated carbocycles. The molecule has 2 N–H and O–H groups in total. The number of anilines is 1. The molecule has 6 heteroatoms. The van der Waals surface area contributed by atoms with Gasteiger partial charge in [-0.05, 0) is 23.3 Å². The van der Waals surface area contributed by atoms with Gasteiger partial charge in [0.1, 0.15) is 5.82 Å². The molecule has 0 fully saturated rings. The lowest BCUT2D eigenvalue weighted by Crippen LogP contribution is -2.01. The smallest absolute Gasteiger partial charge is 0.243 e. The summed E-state index contributed by atoms with van der Waals surface area (Å²) in [4.78, 5) is 4.24. The maximum absolute atomic E-state index is 13.0. The highest BCUT2D eigenvalue weighted by Gasteiger charge is 2.04. The molecular formula is C14H13FN4O. The van der Waals surface area contributed by atoms with Crippen LogP contribution in [-0.2, 0) is 13.2 Å². The molecule has 5 nitrogen and oxygen atoms in total. The minimum absolute atomic E-state index is 0.0350. The van der Waals surface area contributed by atoms with E-state index in [-0.39, 0.29) is 12.4 Å². The third-order valence-electron chi connectivity index (χ3n) is 2.95. The molecule has 0 aliphatic rings. The van der Waals surface area contributed by atoms with Crippen molar-refractivity contribution in [3.63, 3.8) is 0 Å². The fourth-order valence-electron chi connectivity index (χ4n) is 1.88. The van der Waals surface area contributed by atoms with Crippen LogP contribution in [0.1, 0.15) is 11.1 Å². The van der Waals surface area contributed by atoms with Crippen LogP contribution in [0, 0.1) is 5.82 Å². The summed E-state index contributed by atoms with van der Waals surface area (Å²) in [5.41, 5.74) is 2.51. The second-order valence-corrected chi connectivity index (χ2v) is 4.41. The number of benzene rings is 1. The van der Waals surface area contributed by atoms with E-state index in [1.54, 1.807) is 6.07 Å². The standard InChI is InChI=1S/C14H13FN4O/c15-12-5-6-13-17-14(18-19(13)8-12)16-7-10-1-3-11(9-20)4-2-10/h1-6,8,20H,7,9H2,(H,16,18). The van der Waals surface area contributed by atoms with Crippen molar-refractivity contribution in [2.45, 2.75) is 13.2 Å². The topological polar surface area (TPSA) is 62.5 Å². The molecule has 0 bridgehead atoms. The first-order valence-electron chi connectivity index (χ1n) is 6.19. The molecular weight excluding hydrogens is 259 g/mol. The first-order chi connectivity index (χ1) is 9.74. The zero-order chi connectivity index (χ0) is 13.9. The van der Waals surface area contributed by atoms with Gasteiger partial charge in [0.05, 0.1) is 12.8 Å². The van der Waals surface area contributed by atoms with E-state index in [2.05, 4.69) is 15.4 Å². The van der Waals surface area contributed by atoms with Crippen LogP contribution in [0.2, 0.25) is 0 Å². The van der Waals surface area contributed by atoms with Crippen LogP contribution in [0.5, 0.6) is 0 Å². The predicted octanol–water partition coefficient (Wildman–Crippen LogP) is 1.97. The van der Waals surface area contributed by atoms with Crippen LogP contribution in [0.3, 0.4) is 0 Å². The predicted molar refractivity (Wildman–Crippen MR) is 72.6 cm³/mol. The summed E-state index contributed by atoms with van der Waals surface area (Å²) in [6.45, 7) is 0.596. The number of halogens is 1. The number of pyridine rings is 1. The van der Waals surface area contributed by atoms with Crippen LogP contribution in [0.15, 0.2) is 42.6 Å². The first-order valence-corrected chi connectivity index (χ1v) is 6.19. The van der Waals surface area contributed by atoms with Crippen molar-refractivity contribution in [2.75, 3.05) is 5.32 Å². The van der Waals surface area contributed by atoms with Gasteiger partial charge in [-0.3, -0.25) is 0 Å². The Morgan fingerprint density at radius 3 is 2.60 bits per heavy atom. The van der Waals surface area contributed by atoms with Gasteiger partial charge in [0.2, 0.25) is 5.95 Å². The molecule has 0 amide bonds. The first kappa shape index (κ1) is 12.6. The lowest BCUT2D eigenvalue weighted by Gasteiger charge is -2.03. The summed E-state index contributed by atoms with van der Waals surface area (Å²) in [6, 6.07) is 10.5. The summed E-state index contributed by atoms with van der Waals surface area (Å²) in [5.74, 6) is 0.0929. The lowest BCUT2D eigenvalue weighted by molar-refractivity contribution is 0.282. The zero-order valence-corrected chi connectivity index (χ0v) is 10.6. The number of fused-ring (bicyclic) bond motifs is 1. The summed E-state index contributed by atoms with van der Waals surface area (Å²) in [5, 5.41) is 16.2. The van der Waals surface area contributed by atoms with Crippen molar-refractivity contribution < 1.29 is 9.50 Å². The SMILES string of the molecule is OCc1ccc(CNc2nc3ccc(F)cn3n2)cc1. The van der Waals surface area contributed by atoms with Gasteiger partial charge in [0.15, 0.2) is 5.65 Å². The van der Waals surface area contributed by atoms with Gasteiger partial charge in [0.25, 0.3) is 0 Å². The van der Waals surface area contributed by atoms with Gasteiger partial charge >= 0.3 is 0 Å². The Bertz CT molecular complexity index is 724. The minimum atomic E-state index is -0.353. The van der Waals surface area contributed by atoms with Crippen molar-refractivity contribution in [1.29, 1.82) is 0 Å². The Hall–Kier alpha value is -2.47. The lowest BCUT2D eigenvalue weighted by atomic mass is 10.1. The Kier molecular flexibility index (Phi) is 3.30. The molecule has 3 aromatic rings. The Labute approximate surface area is 114 Å². The number of hydrogen-bond acceptors (Lipinski definition) is 4. The van der Waals surface area contributed by atoms with Crippen molar-refractivity contribution in [2.24, 2.45) is 0 Å². The van der Waals surface area contributed by atoms with Crippen molar-refractivity contribution >= 4 is 11.6 Å². The minimum Gasteiger partial charge on any atom is -0.392 e. The molecule has 0 radical (unpaired) electrons. The fourth-order valence-corrected chi connectivity index (χ4v) is 1.88. The van der Waals surface area contributed by atoms with Crippen LogP contribution in [0.4, 0.5) is 10.3 Å². The Morgan fingerprint density at radius 1 is 1.10 bits per heavy atom. The van der Waals surface area contributed by atoms with E-state index in [0.29, 0.717) is 18.1 Å². The van der Waals surface area contributed by atoms with Gasteiger partial charge < -0.3 is 10.4 Å². The molecule has 2 heterocycles. The number of rotatable bonds is 4. The van der Waals surface area contributed by atoms with Crippen molar-refractivity contribution in [3.05, 3.63) is 59.5 Å². The van der Waals surface area contributed by atoms with E-state index in [0.717, 1.165) is 11.1 Å². The highest BCUT2D eigenvalue weighted by Crippen LogP contribution is 2.09. The Balaban J connectivity index is 1.72. The second kappa shape index (κ2) is 5.26. The van der Waals surface area contributed by atoms with E-state index in [9.17, 15) is 4.39 Å². The summed E-state index contributed by atoms with van der Waals surface area (Å²) < 4.78 is 14.4. The second-order valence-electron chi connectivity index (χ2n) is 4.41. The van der Waals surface area contributed by atoms with Crippen LogP contribution in [0.25, 0.3) is 5.65 Å². The number of nitrogens with one attached hydrogen (secondary N) is 1. The van der Waals surface area contributed by atoms with Gasteiger partial charge in [0, 0.05) is 6.54 Å². The van der Waals surface area contributed by atoms with Crippen molar-refractivity contribution in [3.8, 4) is 0 Å². The molecule has 2 aromatic heterocycles. The normalized spacial score (nSPS) is 10.9. The van der Waals surface area contributed by atoms with E-state index in [1.807, 2.05) is 24.3 Å². The average molecular weight is 272 g/mol. The number of nitrogens with zero attached hydrogens (tertiary/aromatic N) is 3. The third-order valence-corrected chi connectivity index (χ3v) is 2.95. The zero-order valence-electron chi connectivity index (χ0n) is 10.6. The number of hydrogen-bond donors (Lipinski definition) is 2. The molecule has 0 unspecified atom stereocenters. The van der Waals surface area contributed by atoms with Crippen molar-refractivity contribution in [1.82, 2.24) is 14.6 Å². The molecule has 0 aliphatic carbocycles. The molecule has 1 aromatic carbocycles. The maximum atomic E-state index is 13.0. The summed E-state index contributed by atoms with van der Waals surface area (Å²) in [6.07, 6.45) is 1.28. The molecule has 20 heavy (non-hydrogen) atoms. The highest BCUT2D eigenvalue weighted by molar-refractivity contribution is 5.43. The van der Waals surface area contributed by atoms with Gasteiger partial charge in [-0.25, -0.2) is 8.91 Å². The monoisotopic (exact) mass is 272 g/mol. The third kappa shape index (κ3) is 2.60. The molecule has 0 atom stereocenters. The van der Waals surface area contributed by atoms with E-state index >= 15 is 0 Å². The molecule has 0 spiro atoms. The van der Waals surface area contributed by atoms with Gasteiger partial charge in [-0.2, -0.15) is 4.98 Å². The Morgan fingerprint density at radius 2 is 1.85 bits per heavy atom. The van der Waals surface area contributed by atoms with E-state index < -0.39 is 0 Å². The van der Waals surface area contributed by atoms with Crippen LogP contribution in [-0.4, -0.2) is 19.7 Å². The molecule has 0 aliphatic heterocycles. The van der Waals surface area contributed by atoms with E-state index in [4.69, 9.17) is 5.11 Å². The van der Waals surface area contributed by atoms with E-state index in [1.165, 1.54) is 16.8 Å².